The molecule has 1 aliphatic rings. The van der Waals surface area contributed by atoms with Crippen molar-refractivity contribution in [1.82, 2.24) is 4.98 Å². The molecule has 0 amide bonds. The summed E-state index contributed by atoms with van der Waals surface area (Å²) in [7, 11) is 0. The van der Waals surface area contributed by atoms with Crippen LogP contribution in [0.5, 0.6) is 11.5 Å². The molecule has 2 aromatic rings. The van der Waals surface area contributed by atoms with E-state index in [-0.39, 0.29) is 6.04 Å². The molecule has 0 saturated heterocycles. The van der Waals surface area contributed by atoms with Crippen LogP contribution in [0, 0.1) is 0 Å². The summed E-state index contributed by atoms with van der Waals surface area (Å²) < 4.78 is 11.2. The third kappa shape index (κ3) is 2.21. The van der Waals surface area contributed by atoms with Gasteiger partial charge in [-0.25, -0.2) is 4.98 Å². The molecule has 0 bridgehead atoms. The van der Waals surface area contributed by atoms with E-state index in [2.05, 4.69) is 16.9 Å². The maximum atomic E-state index is 5.62. The molecule has 1 unspecified atom stereocenters. The smallest absolute Gasteiger partial charge is 0.162 e. The number of nitrogens with one attached hydrogen (secondary N) is 1. The highest BCUT2D eigenvalue weighted by Crippen LogP contribution is 2.36. The third-order valence-electron chi connectivity index (χ3n) is 3.15. The number of benzene rings is 1. The zero-order chi connectivity index (χ0) is 13.2. The van der Waals surface area contributed by atoms with Gasteiger partial charge < -0.3 is 14.8 Å². The lowest BCUT2D eigenvalue weighted by molar-refractivity contribution is 0.172. The lowest BCUT2D eigenvalue weighted by Crippen LogP contribution is -2.16. The number of anilines is 1. The second-order valence-corrected chi connectivity index (χ2v) is 4.55. The van der Waals surface area contributed by atoms with Crippen molar-refractivity contribution < 1.29 is 9.47 Å². The molecule has 1 N–H and O–H groups in total. The van der Waals surface area contributed by atoms with Crippen molar-refractivity contribution in [1.29, 1.82) is 0 Å². The zero-order valence-corrected chi connectivity index (χ0v) is 10.8. The normalized spacial score (nSPS) is 15.0. The lowest BCUT2D eigenvalue weighted by atomic mass is 10.1. The van der Waals surface area contributed by atoms with Gasteiger partial charge >= 0.3 is 0 Å². The van der Waals surface area contributed by atoms with Crippen molar-refractivity contribution in [2.75, 3.05) is 18.5 Å². The van der Waals surface area contributed by atoms with E-state index >= 15 is 0 Å². The SMILES string of the molecule is C=CC(C)Nc1nccc2cc3c(cc12)OCCO3. The van der Waals surface area contributed by atoms with Gasteiger partial charge in [0, 0.05) is 17.6 Å². The predicted octanol–water partition coefficient (Wildman–Crippen LogP) is 2.99. The van der Waals surface area contributed by atoms with E-state index in [0.717, 1.165) is 28.1 Å². The van der Waals surface area contributed by atoms with Crippen molar-refractivity contribution >= 4 is 16.6 Å². The monoisotopic (exact) mass is 256 g/mol. The standard InChI is InChI=1S/C15H16N2O2/c1-3-10(2)17-15-12-9-14-13(18-6-7-19-14)8-11(12)4-5-16-15/h3-5,8-10H,1,6-7H2,2H3,(H,16,17). The number of hydrogen-bond acceptors (Lipinski definition) is 4. The molecule has 0 fully saturated rings. The second-order valence-electron chi connectivity index (χ2n) is 4.55. The number of aromatic nitrogens is 1. The van der Waals surface area contributed by atoms with Crippen LogP contribution < -0.4 is 14.8 Å². The van der Waals surface area contributed by atoms with Gasteiger partial charge in [-0.2, -0.15) is 0 Å². The highest BCUT2D eigenvalue weighted by atomic mass is 16.6. The summed E-state index contributed by atoms with van der Waals surface area (Å²) in [4.78, 5) is 4.39. The Labute approximate surface area is 112 Å². The highest BCUT2D eigenvalue weighted by Gasteiger charge is 2.14. The van der Waals surface area contributed by atoms with E-state index in [4.69, 9.17) is 9.47 Å². The fourth-order valence-electron chi connectivity index (χ4n) is 2.10. The van der Waals surface area contributed by atoms with E-state index in [1.807, 2.05) is 31.2 Å². The van der Waals surface area contributed by atoms with Crippen molar-refractivity contribution in [2.45, 2.75) is 13.0 Å². The predicted molar refractivity (Wildman–Crippen MR) is 76.0 cm³/mol. The molecular weight excluding hydrogens is 240 g/mol. The van der Waals surface area contributed by atoms with Crippen molar-refractivity contribution in [3.05, 3.63) is 37.1 Å². The molecule has 1 aliphatic heterocycles. The summed E-state index contributed by atoms with van der Waals surface area (Å²) in [5.74, 6) is 2.41. The van der Waals surface area contributed by atoms with Gasteiger partial charge in [0.1, 0.15) is 19.0 Å². The molecule has 1 atom stereocenters. The lowest BCUT2D eigenvalue weighted by Gasteiger charge is -2.20. The fraction of sp³-hybridized carbons (Fsp3) is 0.267. The van der Waals surface area contributed by atoms with Gasteiger partial charge in [-0.05, 0) is 30.5 Å². The number of ether oxygens (including phenoxy) is 2. The van der Waals surface area contributed by atoms with E-state index in [9.17, 15) is 0 Å². The van der Waals surface area contributed by atoms with Crippen LogP contribution in [-0.4, -0.2) is 24.2 Å². The minimum Gasteiger partial charge on any atom is -0.486 e. The molecule has 0 aliphatic carbocycles. The van der Waals surface area contributed by atoms with Crippen LogP contribution in [0.15, 0.2) is 37.1 Å². The van der Waals surface area contributed by atoms with Crippen LogP contribution in [-0.2, 0) is 0 Å². The molecule has 1 aromatic heterocycles. The Bertz CT molecular complexity index is 625. The molecule has 0 radical (unpaired) electrons. The summed E-state index contributed by atoms with van der Waals surface area (Å²) in [6.45, 7) is 6.99. The largest absolute Gasteiger partial charge is 0.486 e. The average Bonchev–Trinajstić information content (AvgIpc) is 2.45. The molecule has 2 heterocycles. The first kappa shape index (κ1) is 11.8. The number of pyridine rings is 1. The van der Waals surface area contributed by atoms with Gasteiger partial charge in [-0.1, -0.05) is 6.08 Å². The molecule has 0 spiro atoms. The molecular formula is C15H16N2O2. The Morgan fingerprint density at radius 2 is 2.05 bits per heavy atom. The Balaban J connectivity index is 2.10. The zero-order valence-electron chi connectivity index (χ0n) is 10.8. The summed E-state index contributed by atoms with van der Waals surface area (Å²) in [6.07, 6.45) is 3.63. The van der Waals surface area contributed by atoms with Gasteiger partial charge in [-0.3, -0.25) is 0 Å². The number of fused-ring (bicyclic) bond motifs is 2. The quantitative estimate of drug-likeness (QED) is 0.857. The van der Waals surface area contributed by atoms with Gasteiger partial charge in [0.2, 0.25) is 0 Å². The number of hydrogen-bond donors (Lipinski definition) is 1. The molecule has 4 heteroatoms. The van der Waals surface area contributed by atoms with Crippen LogP contribution in [0.25, 0.3) is 10.8 Å². The Morgan fingerprint density at radius 1 is 1.32 bits per heavy atom. The average molecular weight is 256 g/mol. The summed E-state index contributed by atoms with van der Waals surface area (Å²) in [5.41, 5.74) is 0. The first-order valence-electron chi connectivity index (χ1n) is 6.35. The summed E-state index contributed by atoms with van der Waals surface area (Å²) >= 11 is 0. The van der Waals surface area contributed by atoms with Crippen LogP contribution in [0.4, 0.5) is 5.82 Å². The summed E-state index contributed by atoms with van der Waals surface area (Å²) in [6, 6.07) is 6.10. The van der Waals surface area contributed by atoms with Crippen molar-refractivity contribution in [3.63, 3.8) is 0 Å². The van der Waals surface area contributed by atoms with Gasteiger partial charge in [-0.15, -0.1) is 6.58 Å². The summed E-state index contributed by atoms with van der Waals surface area (Å²) in [5, 5.41) is 5.43. The van der Waals surface area contributed by atoms with E-state index in [1.54, 1.807) is 6.20 Å². The van der Waals surface area contributed by atoms with Crippen LogP contribution in [0.3, 0.4) is 0 Å². The number of nitrogens with zero attached hydrogens (tertiary/aromatic N) is 1. The molecule has 98 valence electrons. The van der Waals surface area contributed by atoms with Gasteiger partial charge in [0.05, 0.1) is 0 Å². The van der Waals surface area contributed by atoms with Crippen LogP contribution in [0.2, 0.25) is 0 Å². The Morgan fingerprint density at radius 3 is 2.79 bits per heavy atom. The molecule has 3 rings (SSSR count). The van der Waals surface area contributed by atoms with E-state index in [0.29, 0.717) is 13.2 Å². The first-order valence-corrected chi connectivity index (χ1v) is 6.35. The fourth-order valence-corrected chi connectivity index (χ4v) is 2.10. The Hall–Kier alpha value is -2.23. The molecule has 0 saturated carbocycles. The maximum absolute atomic E-state index is 5.62. The maximum Gasteiger partial charge on any atom is 0.162 e. The van der Waals surface area contributed by atoms with E-state index < -0.39 is 0 Å². The molecule has 1 aromatic carbocycles. The number of rotatable bonds is 3. The topological polar surface area (TPSA) is 43.4 Å². The third-order valence-corrected chi connectivity index (χ3v) is 3.15. The van der Waals surface area contributed by atoms with Gasteiger partial charge in [0.25, 0.3) is 0 Å². The van der Waals surface area contributed by atoms with Crippen LogP contribution in [0.1, 0.15) is 6.92 Å². The minimum atomic E-state index is 0.159. The second kappa shape index (κ2) is 4.80. The van der Waals surface area contributed by atoms with Crippen molar-refractivity contribution in [3.8, 4) is 11.5 Å². The van der Waals surface area contributed by atoms with E-state index in [1.165, 1.54) is 0 Å². The first-order chi connectivity index (χ1) is 9.28. The highest BCUT2D eigenvalue weighted by molar-refractivity contribution is 5.94. The minimum absolute atomic E-state index is 0.159. The Kier molecular flexibility index (Phi) is 2.99. The van der Waals surface area contributed by atoms with Crippen molar-refractivity contribution in [2.24, 2.45) is 0 Å². The molecule has 19 heavy (non-hydrogen) atoms. The molecule has 4 nitrogen and oxygen atoms in total. The van der Waals surface area contributed by atoms with Crippen LogP contribution >= 0.6 is 0 Å². The van der Waals surface area contributed by atoms with Gasteiger partial charge in [0.15, 0.2) is 11.5 Å².